The van der Waals surface area contributed by atoms with E-state index in [1.54, 1.807) is 6.08 Å². The summed E-state index contributed by atoms with van der Waals surface area (Å²) in [7, 11) is 2.09. The molecule has 0 N–H and O–H groups in total. The lowest BCUT2D eigenvalue weighted by atomic mass is 10.1. The van der Waals surface area contributed by atoms with Crippen molar-refractivity contribution in [3.05, 3.63) is 42.1 Å². The number of benzene rings is 1. The standard InChI is InChI=1S/C20H24N4O/c1-16-14-22(2)12-13-24(16)20(25)9-8-17-15-23(11-5-10-21)19-7-4-3-6-18(17)19/h3-4,6-9,15-16H,5,11-14H2,1-2H3/b9-8+. The molecule has 0 spiro atoms. The summed E-state index contributed by atoms with van der Waals surface area (Å²) in [6.45, 7) is 5.35. The second kappa shape index (κ2) is 7.54. The van der Waals surface area contributed by atoms with Crippen molar-refractivity contribution in [2.24, 2.45) is 0 Å². The number of nitriles is 1. The SMILES string of the molecule is CC1CN(C)CCN1C(=O)/C=C/c1cn(CCC#N)c2ccccc12. The summed E-state index contributed by atoms with van der Waals surface area (Å²) in [5.41, 5.74) is 2.11. The van der Waals surface area contributed by atoms with E-state index in [1.807, 2.05) is 29.3 Å². The van der Waals surface area contributed by atoms with Crippen molar-refractivity contribution in [2.45, 2.75) is 25.9 Å². The Morgan fingerprint density at radius 2 is 2.16 bits per heavy atom. The van der Waals surface area contributed by atoms with Crippen molar-refractivity contribution in [2.75, 3.05) is 26.7 Å². The highest BCUT2D eigenvalue weighted by atomic mass is 16.2. The van der Waals surface area contributed by atoms with Crippen LogP contribution in [0.25, 0.3) is 17.0 Å². The van der Waals surface area contributed by atoms with Gasteiger partial charge < -0.3 is 14.4 Å². The van der Waals surface area contributed by atoms with Crippen LogP contribution in [0, 0.1) is 11.3 Å². The van der Waals surface area contributed by atoms with Crippen LogP contribution in [0.3, 0.4) is 0 Å². The van der Waals surface area contributed by atoms with Gasteiger partial charge in [-0.2, -0.15) is 5.26 Å². The Morgan fingerprint density at radius 1 is 1.36 bits per heavy atom. The highest BCUT2D eigenvalue weighted by Crippen LogP contribution is 2.23. The van der Waals surface area contributed by atoms with E-state index in [-0.39, 0.29) is 11.9 Å². The molecular formula is C20H24N4O. The lowest BCUT2D eigenvalue weighted by Crippen LogP contribution is -2.52. The van der Waals surface area contributed by atoms with Crippen LogP contribution < -0.4 is 0 Å². The van der Waals surface area contributed by atoms with Gasteiger partial charge in [0.1, 0.15) is 0 Å². The van der Waals surface area contributed by atoms with Gasteiger partial charge in [-0.1, -0.05) is 18.2 Å². The molecule has 25 heavy (non-hydrogen) atoms. The number of fused-ring (bicyclic) bond motifs is 1. The number of carbonyl (C=O) groups excluding carboxylic acids is 1. The normalized spacial score (nSPS) is 18.8. The Bertz CT molecular complexity index is 830. The maximum Gasteiger partial charge on any atom is 0.246 e. The lowest BCUT2D eigenvalue weighted by molar-refractivity contribution is -0.130. The van der Waals surface area contributed by atoms with E-state index in [4.69, 9.17) is 5.26 Å². The van der Waals surface area contributed by atoms with Crippen molar-refractivity contribution in [3.8, 4) is 6.07 Å². The molecule has 0 aliphatic carbocycles. The average molecular weight is 336 g/mol. The maximum absolute atomic E-state index is 12.6. The molecule has 5 heteroatoms. The van der Waals surface area contributed by atoms with Crippen LogP contribution in [-0.4, -0.2) is 53.0 Å². The minimum Gasteiger partial charge on any atom is -0.346 e. The lowest BCUT2D eigenvalue weighted by Gasteiger charge is -2.37. The van der Waals surface area contributed by atoms with E-state index in [0.29, 0.717) is 13.0 Å². The molecule has 1 fully saturated rings. The Kier molecular flexibility index (Phi) is 5.20. The van der Waals surface area contributed by atoms with Crippen molar-refractivity contribution in [1.29, 1.82) is 5.26 Å². The van der Waals surface area contributed by atoms with E-state index in [2.05, 4.69) is 41.6 Å². The predicted octanol–water partition coefficient (Wildman–Crippen LogP) is 2.73. The van der Waals surface area contributed by atoms with Crippen LogP contribution in [0.15, 0.2) is 36.5 Å². The first-order valence-corrected chi connectivity index (χ1v) is 8.72. The topological polar surface area (TPSA) is 52.3 Å². The third-order valence-corrected chi connectivity index (χ3v) is 4.80. The zero-order valence-corrected chi connectivity index (χ0v) is 14.9. The zero-order chi connectivity index (χ0) is 17.8. The van der Waals surface area contributed by atoms with Gasteiger partial charge in [0.25, 0.3) is 0 Å². The first-order valence-electron chi connectivity index (χ1n) is 8.72. The highest BCUT2D eigenvalue weighted by Gasteiger charge is 2.24. The van der Waals surface area contributed by atoms with Gasteiger partial charge in [-0.25, -0.2) is 0 Å². The first-order chi connectivity index (χ1) is 12.1. The van der Waals surface area contributed by atoms with Crippen LogP contribution in [0.1, 0.15) is 18.9 Å². The number of carbonyl (C=O) groups is 1. The van der Waals surface area contributed by atoms with Crippen molar-refractivity contribution < 1.29 is 4.79 Å². The minimum absolute atomic E-state index is 0.0643. The Balaban J connectivity index is 1.81. The second-order valence-electron chi connectivity index (χ2n) is 6.68. The predicted molar refractivity (Wildman–Crippen MR) is 99.9 cm³/mol. The van der Waals surface area contributed by atoms with Crippen molar-refractivity contribution >= 4 is 22.9 Å². The number of hydrogen-bond acceptors (Lipinski definition) is 3. The minimum atomic E-state index is 0.0643. The highest BCUT2D eigenvalue weighted by molar-refractivity contribution is 5.96. The van der Waals surface area contributed by atoms with E-state index < -0.39 is 0 Å². The smallest absolute Gasteiger partial charge is 0.246 e. The quantitative estimate of drug-likeness (QED) is 0.807. The molecule has 1 amide bonds. The number of aromatic nitrogens is 1. The van der Waals surface area contributed by atoms with Crippen molar-refractivity contribution in [1.82, 2.24) is 14.4 Å². The van der Waals surface area contributed by atoms with E-state index in [0.717, 1.165) is 36.1 Å². The van der Waals surface area contributed by atoms with E-state index in [9.17, 15) is 4.79 Å². The average Bonchev–Trinajstić information content (AvgIpc) is 2.96. The molecule has 0 bridgehead atoms. The molecule has 2 heterocycles. The van der Waals surface area contributed by atoms with Gasteiger partial charge in [0.2, 0.25) is 5.91 Å². The summed E-state index contributed by atoms with van der Waals surface area (Å²) in [6.07, 6.45) is 6.08. The number of para-hydroxylation sites is 1. The van der Waals surface area contributed by atoms with Gasteiger partial charge in [0.05, 0.1) is 12.5 Å². The summed E-state index contributed by atoms with van der Waals surface area (Å²) < 4.78 is 2.08. The number of likely N-dealkylation sites (N-methyl/N-ethyl adjacent to an activating group) is 1. The van der Waals surface area contributed by atoms with Crippen LogP contribution in [-0.2, 0) is 11.3 Å². The zero-order valence-electron chi connectivity index (χ0n) is 14.9. The number of nitrogens with zero attached hydrogens (tertiary/aromatic N) is 4. The number of hydrogen-bond donors (Lipinski definition) is 0. The van der Waals surface area contributed by atoms with Gasteiger partial charge in [-0.05, 0) is 26.1 Å². The fourth-order valence-corrected chi connectivity index (χ4v) is 3.49. The summed E-state index contributed by atoms with van der Waals surface area (Å²) >= 11 is 0. The third kappa shape index (κ3) is 3.75. The monoisotopic (exact) mass is 336 g/mol. The summed E-state index contributed by atoms with van der Waals surface area (Å²) in [5.74, 6) is 0.0643. The Morgan fingerprint density at radius 3 is 2.92 bits per heavy atom. The summed E-state index contributed by atoms with van der Waals surface area (Å²) in [6, 6.07) is 10.5. The molecule has 3 rings (SSSR count). The number of rotatable bonds is 4. The van der Waals surface area contributed by atoms with Crippen LogP contribution in [0.5, 0.6) is 0 Å². The molecule has 5 nitrogen and oxygen atoms in total. The molecule has 130 valence electrons. The van der Waals surface area contributed by atoms with Crippen LogP contribution in [0.4, 0.5) is 0 Å². The molecule has 1 aliphatic heterocycles. The van der Waals surface area contributed by atoms with E-state index >= 15 is 0 Å². The fraction of sp³-hybridized carbons (Fsp3) is 0.400. The fourth-order valence-electron chi connectivity index (χ4n) is 3.49. The first kappa shape index (κ1) is 17.2. The molecular weight excluding hydrogens is 312 g/mol. The van der Waals surface area contributed by atoms with Gasteiger partial charge in [0.15, 0.2) is 0 Å². The van der Waals surface area contributed by atoms with Crippen LogP contribution in [0.2, 0.25) is 0 Å². The molecule has 0 saturated carbocycles. The summed E-state index contributed by atoms with van der Waals surface area (Å²) in [4.78, 5) is 16.8. The molecule has 1 atom stereocenters. The molecule has 1 aliphatic rings. The number of aryl methyl sites for hydroxylation is 1. The van der Waals surface area contributed by atoms with Gasteiger partial charge in [-0.15, -0.1) is 0 Å². The largest absolute Gasteiger partial charge is 0.346 e. The molecule has 1 aromatic heterocycles. The van der Waals surface area contributed by atoms with Gasteiger partial charge >= 0.3 is 0 Å². The second-order valence-corrected chi connectivity index (χ2v) is 6.68. The van der Waals surface area contributed by atoms with Gasteiger partial charge in [0, 0.05) is 61.0 Å². The summed E-state index contributed by atoms with van der Waals surface area (Å²) in [5, 5.41) is 9.95. The number of piperazine rings is 1. The Labute approximate surface area is 148 Å². The maximum atomic E-state index is 12.6. The number of amides is 1. The molecule has 2 aromatic rings. The van der Waals surface area contributed by atoms with Crippen molar-refractivity contribution in [3.63, 3.8) is 0 Å². The third-order valence-electron chi connectivity index (χ3n) is 4.80. The van der Waals surface area contributed by atoms with Crippen LogP contribution >= 0.6 is 0 Å². The molecule has 1 saturated heterocycles. The molecule has 1 unspecified atom stereocenters. The van der Waals surface area contributed by atoms with Gasteiger partial charge in [-0.3, -0.25) is 4.79 Å². The molecule has 0 radical (unpaired) electrons. The van der Waals surface area contributed by atoms with E-state index in [1.165, 1.54) is 0 Å². The Hall–Kier alpha value is -2.58. The molecule has 1 aromatic carbocycles.